The lowest BCUT2D eigenvalue weighted by atomic mass is 10.1. The van der Waals surface area contributed by atoms with E-state index < -0.39 is 12.6 Å². The highest BCUT2D eigenvalue weighted by atomic mass is 32.2. The number of rotatable bonds is 6. The maximum Gasteiger partial charge on any atom is 0.341 e. The first-order valence-corrected chi connectivity index (χ1v) is 9.90. The van der Waals surface area contributed by atoms with Crippen molar-refractivity contribution in [2.24, 2.45) is 0 Å². The van der Waals surface area contributed by atoms with Crippen LogP contribution in [0.4, 0.5) is 5.69 Å². The van der Waals surface area contributed by atoms with Gasteiger partial charge in [0.25, 0.3) is 5.91 Å². The molecule has 0 atom stereocenters. The molecule has 0 saturated carbocycles. The molecule has 8 heteroatoms. The zero-order valence-electron chi connectivity index (χ0n) is 16.1. The molecule has 150 valence electrons. The van der Waals surface area contributed by atoms with Crippen LogP contribution >= 0.6 is 24.0 Å². The summed E-state index contributed by atoms with van der Waals surface area (Å²) in [6, 6.07) is 10.8. The monoisotopic (exact) mass is 429 g/mol. The Hall–Kier alpha value is -2.84. The van der Waals surface area contributed by atoms with Crippen molar-refractivity contribution in [3.63, 3.8) is 0 Å². The predicted octanol–water partition coefficient (Wildman–Crippen LogP) is 4.18. The van der Waals surface area contributed by atoms with E-state index in [1.165, 1.54) is 23.8 Å². The summed E-state index contributed by atoms with van der Waals surface area (Å²) in [6.45, 7) is 3.54. The fourth-order valence-corrected chi connectivity index (χ4v) is 4.04. The van der Waals surface area contributed by atoms with Gasteiger partial charge in [0.2, 0.25) is 0 Å². The molecule has 0 radical (unpaired) electrons. The molecule has 1 heterocycles. The largest absolute Gasteiger partial charge is 0.493 e. The zero-order valence-corrected chi connectivity index (χ0v) is 17.7. The van der Waals surface area contributed by atoms with Crippen LogP contribution in [0.3, 0.4) is 0 Å². The Bertz CT molecular complexity index is 1030. The topological polar surface area (TPSA) is 76.1 Å². The minimum absolute atomic E-state index is 0.187. The number of ether oxygens (including phenoxy) is 2. The number of hydrogen-bond acceptors (Lipinski definition) is 6. The molecule has 1 saturated heterocycles. The molecule has 1 amide bonds. The summed E-state index contributed by atoms with van der Waals surface area (Å²) in [5, 5.41) is 8.76. The maximum absolute atomic E-state index is 12.9. The van der Waals surface area contributed by atoms with Gasteiger partial charge in [-0.2, -0.15) is 0 Å². The molecular weight excluding hydrogens is 410 g/mol. The minimum atomic E-state index is -1.08. The van der Waals surface area contributed by atoms with E-state index in [-0.39, 0.29) is 5.91 Å². The van der Waals surface area contributed by atoms with Gasteiger partial charge in [-0.3, -0.25) is 9.69 Å². The molecule has 1 aliphatic heterocycles. The maximum atomic E-state index is 12.9. The van der Waals surface area contributed by atoms with E-state index in [1.807, 2.05) is 32.0 Å². The van der Waals surface area contributed by atoms with Gasteiger partial charge in [0.15, 0.2) is 22.4 Å². The van der Waals surface area contributed by atoms with Crippen LogP contribution in [0.15, 0.2) is 41.3 Å². The fraction of sp³-hybridized carbons (Fsp3) is 0.190. The third-order valence-electron chi connectivity index (χ3n) is 4.38. The fourth-order valence-electron chi connectivity index (χ4n) is 2.74. The van der Waals surface area contributed by atoms with Gasteiger partial charge in [0, 0.05) is 0 Å². The van der Waals surface area contributed by atoms with Crippen molar-refractivity contribution in [2.45, 2.75) is 13.8 Å². The highest BCUT2D eigenvalue weighted by Crippen LogP contribution is 2.37. The number of amides is 1. The summed E-state index contributed by atoms with van der Waals surface area (Å²) in [5.74, 6) is -0.570. The number of methoxy groups -OCH3 is 1. The van der Waals surface area contributed by atoms with Crippen molar-refractivity contribution in [1.82, 2.24) is 0 Å². The van der Waals surface area contributed by atoms with Crippen molar-refractivity contribution >= 4 is 51.9 Å². The molecule has 0 spiro atoms. The van der Waals surface area contributed by atoms with Crippen LogP contribution in [0.1, 0.15) is 16.7 Å². The zero-order chi connectivity index (χ0) is 21.1. The molecule has 0 aliphatic carbocycles. The average Bonchev–Trinajstić information content (AvgIpc) is 2.96. The highest BCUT2D eigenvalue weighted by Gasteiger charge is 2.33. The molecule has 1 N–H and O–H groups in total. The second-order valence-corrected chi connectivity index (χ2v) is 8.05. The molecule has 29 heavy (non-hydrogen) atoms. The lowest BCUT2D eigenvalue weighted by molar-refractivity contribution is -0.139. The summed E-state index contributed by atoms with van der Waals surface area (Å²) in [6.07, 6.45) is 1.73. The molecule has 2 aromatic carbocycles. The number of anilines is 1. The summed E-state index contributed by atoms with van der Waals surface area (Å²) in [4.78, 5) is 25.7. The third-order valence-corrected chi connectivity index (χ3v) is 5.68. The van der Waals surface area contributed by atoms with Gasteiger partial charge >= 0.3 is 5.97 Å². The number of thiocarbonyl (C=S) groups is 1. The highest BCUT2D eigenvalue weighted by molar-refractivity contribution is 8.27. The molecule has 1 fully saturated rings. The molecule has 1 aliphatic rings. The molecular formula is C21H19NO5S2. The van der Waals surface area contributed by atoms with Gasteiger partial charge in [-0.25, -0.2) is 4.79 Å². The number of thioether (sulfide) groups is 1. The molecule has 0 unspecified atom stereocenters. The van der Waals surface area contributed by atoms with Crippen molar-refractivity contribution in [1.29, 1.82) is 0 Å². The van der Waals surface area contributed by atoms with E-state index in [2.05, 4.69) is 0 Å². The van der Waals surface area contributed by atoms with Crippen LogP contribution in [0.25, 0.3) is 6.08 Å². The van der Waals surface area contributed by atoms with Crippen LogP contribution in [-0.2, 0) is 9.59 Å². The van der Waals surface area contributed by atoms with Crippen molar-refractivity contribution in [3.05, 3.63) is 58.0 Å². The molecule has 2 aromatic rings. The van der Waals surface area contributed by atoms with Crippen LogP contribution in [0, 0.1) is 13.8 Å². The lowest BCUT2D eigenvalue weighted by Gasteiger charge is -2.16. The van der Waals surface area contributed by atoms with Crippen molar-refractivity contribution in [2.75, 3.05) is 18.6 Å². The Balaban J connectivity index is 1.87. The number of carbonyl (C=O) groups excluding carboxylic acids is 1. The number of carboxylic acids is 1. The molecule has 3 rings (SSSR count). The Morgan fingerprint density at radius 3 is 2.59 bits per heavy atom. The van der Waals surface area contributed by atoms with Gasteiger partial charge in [-0.05, 0) is 60.9 Å². The standard InChI is InChI=1S/C21H19NO5S2/c1-12-4-6-15(8-13(12)2)22-20(25)18(29-21(22)28)10-14-5-7-16(17(9-14)26-3)27-11-19(23)24/h4-10H,11H2,1-3H3,(H,23,24)/b18-10-. The summed E-state index contributed by atoms with van der Waals surface area (Å²) in [7, 11) is 1.46. The van der Waals surface area contributed by atoms with Crippen LogP contribution < -0.4 is 14.4 Å². The quantitative estimate of drug-likeness (QED) is 0.545. The Morgan fingerprint density at radius 2 is 1.93 bits per heavy atom. The predicted molar refractivity (Wildman–Crippen MR) is 118 cm³/mol. The van der Waals surface area contributed by atoms with Crippen LogP contribution in [-0.4, -0.2) is 35.0 Å². The van der Waals surface area contributed by atoms with Gasteiger partial charge in [-0.15, -0.1) is 0 Å². The summed E-state index contributed by atoms with van der Waals surface area (Å²) < 4.78 is 10.9. The minimum Gasteiger partial charge on any atom is -0.493 e. The molecule has 6 nitrogen and oxygen atoms in total. The first kappa shape index (κ1) is 20.9. The lowest BCUT2D eigenvalue weighted by Crippen LogP contribution is -2.27. The molecule has 0 aromatic heterocycles. The normalized spacial score (nSPS) is 15.1. The number of nitrogens with zero attached hydrogens (tertiary/aromatic N) is 1. The summed E-state index contributed by atoms with van der Waals surface area (Å²) in [5.41, 5.74) is 3.69. The summed E-state index contributed by atoms with van der Waals surface area (Å²) >= 11 is 6.66. The van der Waals surface area contributed by atoms with E-state index in [0.29, 0.717) is 26.3 Å². The average molecular weight is 430 g/mol. The van der Waals surface area contributed by atoms with E-state index in [9.17, 15) is 9.59 Å². The van der Waals surface area contributed by atoms with E-state index in [0.717, 1.165) is 16.8 Å². The Kier molecular flexibility index (Phi) is 6.24. The van der Waals surface area contributed by atoms with E-state index in [4.69, 9.17) is 26.8 Å². The van der Waals surface area contributed by atoms with E-state index >= 15 is 0 Å². The number of aliphatic carboxylic acids is 1. The van der Waals surface area contributed by atoms with E-state index in [1.54, 1.807) is 24.3 Å². The first-order chi connectivity index (χ1) is 13.8. The first-order valence-electron chi connectivity index (χ1n) is 8.68. The SMILES string of the molecule is COc1cc(/C=C2\SC(=S)N(c3ccc(C)c(C)c3)C2=O)ccc1OCC(=O)O. The number of hydrogen-bond donors (Lipinski definition) is 1. The smallest absolute Gasteiger partial charge is 0.341 e. The van der Waals surface area contributed by atoms with Crippen molar-refractivity contribution < 1.29 is 24.2 Å². The molecule has 0 bridgehead atoms. The van der Waals surface area contributed by atoms with Crippen molar-refractivity contribution in [3.8, 4) is 11.5 Å². The van der Waals surface area contributed by atoms with Gasteiger partial charge in [-0.1, -0.05) is 36.1 Å². The number of aryl methyl sites for hydroxylation is 2. The van der Waals surface area contributed by atoms with Crippen LogP contribution in [0.2, 0.25) is 0 Å². The third kappa shape index (κ3) is 4.60. The van der Waals surface area contributed by atoms with Gasteiger partial charge in [0.05, 0.1) is 17.7 Å². The number of carboxylic acid groups (broad SMARTS) is 1. The number of benzene rings is 2. The second kappa shape index (κ2) is 8.67. The van der Waals surface area contributed by atoms with Gasteiger partial charge < -0.3 is 14.6 Å². The van der Waals surface area contributed by atoms with Crippen LogP contribution in [0.5, 0.6) is 11.5 Å². The Morgan fingerprint density at radius 1 is 1.17 bits per heavy atom. The Labute approximate surface area is 178 Å². The van der Waals surface area contributed by atoms with Gasteiger partial charge in [0.1, 0.15) is 0 Å². The second-order valence-electron chi connectivity index (χ2n) is 6.38. The number of carbonyl (C=O) groups is 2.